The van der Waals surface area contributed by atoms with Gasteiger partial charge in [0.2, 0.25) is 0 Å². The van der Waals surface area contributed by atoms with Gasteiger partial charge in [0.05, 0.1) is 12.0 Å². The zero-order chi connectivity index (χ0) is 18.0. The third-order valence-corrected chi connectivity index (χ3v) is 3.64. The number of nitrogens with zero attached hydrogens (tertiary/aromatic N) is 2. The summed E-state index contributed by atoms with van der Waals surface area (Å²) < 4.78 is 5.36. The molecule has 0 aliphatic rings. The summed E-state index contributed by atoms with van der Waals surface area (Å²) in [7, 11) is 1.54. The van der Waals surface area contributed by atoms with Gasteiger partial charge < -0.3 is 14.8 Å². The van der Waals surface area contributed by atoms with Crippen LogP contribution < -0.4 is 10.3 Å². The molecule has 2 N–H and O–H groups in total. The molecular formula is C17H13N3O5. The SMILES string of the molecule is COc1ccc2ccccc2c1/C=C\c1nc(O)c([N+](=O)[O-])c(=O)[nH]1. The van der Waals surface area contributed by atoms with E-state index in [1.807, 2.05) is 36.4 Å². The monoisotopic (exact) mass is 339 g/mol. The minimum absolute atomic E-state index is 0.0110. The quantitative estimate of drug-likeness (QED) is 0.557. The normalized spacial score (nSPS) is 11.1. The highest BCUT2D eigenvalue weighted by Crippen LogP contribution is 2.29. The second-order valence-corrected chi connectivity index (χ2v) is 5.12. The van der Waals surface area contributed by atoms with Crippen LogP contribution in [0.3, 0.4) is 0 Å². The van der Waals surface area contributed by atoms with Crippen LogP contribution in [0.15, 0.2) is 41.2 Å². The Bertz CT molecular complexity index is 1060. The van der Waals surface area contributed by atoms with Gasteiger partial charge in [0.1, 0.15) is 11.6 Å². The van der Waals surface area contributed by atoms with E-state index in [4.69, 9.17) is 4.74 Å². The van der Waals surface area contributed by atoms with Gasteiger partial charge in [-0.15, -0.1) is 0 Å². The van der Waals surface area contributed by atoms with Gasteiger partial charge in [0, 0.05) is 5.56 Å². The van der Waals surface area contributed by atoms with E-state index in [0.717, 1.165) is 16.3 Å². The van der Waals surface area contributed by atoms with Gasteiger partial charge >= 0.3 is 11.2 Å². The first-order chi connectivity index (χ1) is 12.0. The van der Waals surface area contributed by atoms with E-state index in [2.05, 4.69) is 9.97 Å². The smallest absolute Gasteiger partial charge is 0.395 e. The van der Waals surface area contributed by atoms with Crippen LogP contribution >= 0.6 is 0 Å². The number of methoxy groups -OCH3 is 1. The Morgan fingerprint density at radius 1 is 1.24 bits per heavy atom. The van der Waals surface area contributed by atoms with Crippen molar-refractivity contribution >= 4 is 28.6 Å². The van der Waals surface area contributed by atoms with Crippen molar-refractivity contribution in [3.05, 3.63) is 68.3 Å². The molecule has 0 aliphatic heterocycles. The Balaban J connectivity index is 2.10. The zero-order valence-electron chi connectivity index (χ0n) is 13.1. The molecule has 0 unspecified atom stereocenters. The van der Waals surface area contributed by atoms with Crippen LogP contribution in [0.5, 0.6) is 11.6 Å². The van der Waals surface area contributed by atoms with Crippen LogP contribution in [0.25, 0.3) is 22.9 Å². The highest BCUT2D eigenvalue weighted by molar-refractivity contribution is 5.95. The number of ether oxygens (including phenoxy) is 1. The number of aromatic amines is 1. The Hall–Kier alpha value is -3.68. The van der Waals surface area contributed by atoms with Gasteiger partial charge in [0.15, 0.2) is 0 Å². The van der Waals surface area contributed by atoms with Crippen LogP contribution in [0.4, 0.5) is 5.69 Å². The third-order valence-electron chi connectivity index (χ3n) is 3.64. The maximum atomic E-state index is 11.7. The van der Waals surface area contributed by atoms with Gasteiger partial charge in [-0.3, -0.25) is 14.9 Å². The number of aromatic hydroxyl groups is 1. The third kappa shape index (κ3) is 3.05. The molecule has 3 aromatic rings. The largest absolute Gasteiger partial charge is 0.496 e. The molecule has 0 fully saturated rings. The van der Waals surface area contributed by atoms with E-state index >= 15 is 0 Å². The second kappa shape index (κ2) is 6.44. The van der Waals surface area contributed by atoms with Gasteiger partial charge in [0.25, 0.3) is 5.88 Å². The average molecular weight is 339 g/mol. The number of rotatable bonds is 4. The van der Waals surface area contributed by atoms with Crippen molar-refractivity contribution in [2.45, 2.75) is 0 Å². The number of benzene rings is 2. The molecule has 1 aromatic heterocycles. The molecule has 0 radical (unpaired) electrons. The molecular weight excluding hydrogens is 326 g/mol. The van der Waals surface area contributed by atoms with E-state index in [1.165, 1.54) is 6.08 Å². The van der Waals surface area contributed by atoms with Crippen LogP contribution in [-0.4, -0.2) is 27.1 Å². The number of fused-ring (bicyclic) bond motifs is 1. The predicted octanol–water partition coefficient (Wildman–Crippen LogP) is 2.72. The van der Waals surface area contributed by atoms with E-state index in [-0.39, 0.29) is 5.82 Å². The van der Waals surface area contributed by atoms with Crippen molar-refractivity contribution in [1.82, 2.24) is 9.97 Å². The number of H-pyrrole nitrogens is 1. The van der Waals surface area contributed by atoms with Crippen molar-refractivity contribution in [1.29, 1.82) is 0 Å². The van der Waals surface area contributed by atoms with Crippen LogP contribution in [0.1, 0.15) is 11.4 Å². The number of nitrogens with one attached hydrogen (secondary N) is 1. The maximum Gasteiger partial charge on any atom is 0.395 e. The predicted molar refractivity (Wildman–Crippen MR) is 92.6 cm³/mol. The molecule has 8 nitrogen and oxygen atoms in total. The van der Waals surface area contributed by atoms with Crippen molar-refractivity contribution < 1.29 is 14.8 Å². The highest BCUT2D eigenvalue weighted by atomic mass is 16.6. The summed E-state index contributed by atoms with van der Waals surface area (Å²) in [5, 5.41) is 22.2. The first kappa shape index (κ1) is 16.2. The first-order valence-corrected chi connectivity index (χ1v) is 7.22. The van der Waals surface area contributed by atoms with E-state index in [1.54, 1.807) is 13.2 Å². The Morgan fingerprint density at radius 3 is 2.68 bits per heavy atom. The fourth-order valence-corrected chi connectivity index (χ4v) is 2.50. The second-order valence-electron chi connectivity index (χ2n) is 5.12. The van der Waals surface area contributed by atoms with Gasteiger partial charge in [-0.1, -0.05) is 30.3 Å². The Morgan fingerprint density at radius 2 is 2.00 bits per heavy atom. The molecule has 2 aromatic carbocycles. The summed E-state index contributed by atoms with van der Waals surface area (Å²) in [6.07, 6.45) is 3.10. The van der Waals surface area contributed by atoms with Gasteiger partial charge in [-0.05, 0) is 29.0 Å². The molecule has 126 valence electrons. The lowest BCUT2D eigenvalue weighted by Gasteiger charge is -2.08. The minimum Gasteiger partial charge on any atom is -0.496 e. The summed E-state index contributed by atoms with van der Waals surface area (Å²) in [5.74, 6) is -0.329. The molecule has 8 heteroatoms. The van der Waals surface area contributed by atoms with Gasteiger partial charge in [-0.25, -0.2) is 0 Å². The lowest BCUT2D eigenvalue weighted by Crippen LogP contribution is -2.14. The van der Waals surface area contributed by atoms with Crippen molar-refractivity contribution in [2.24, 2.45) is 0 Å². The topological polar surface area (TPSA) is 118 Å². The molecule has 3 rings (SSSR count). The standard InChI is InChI=1S/C17H13N3O5/c1-25-13-8-6-10-4-2-3-5-11(10)12(13)7-9-14-18-16(21)15(20(23)24)17(22)19-14/h2-9H,1H3,(H2,18,19,21,22)/b9-7-. The van der Waals surface area contributed by atoms with Crippen molar-refractivity contribution in [3.63, 3.8) is 0 Å². The zero-order valence-corrected chi connectivity index (χ0v) is 13.1. The lowest BCUT2D eigenvalue weighted by atomic mass is 10.0. The maximum absolute atomic E-state index is 11.7. The number of hydrogen-bond donors (Lipinski definition) is 2. The van der Waals surface area contributed by atoms with Crippen LogP contribution in [0.2, 0.25) is 0 Å². The van der Waals surface area contributed by atoms with E-state index in [0.29, 0.717) is 5.75 Å². The average Bonchev–Trinajstić information content (AvgIpc) is 2.58. The Kier molecular flexibility index (Phi) is 4.17. The van der Waals surface area contributed by atoms with Crippen LogP contribution in [0, 0.1) is 10.1 Å². The van der Waals surface area contributed by atoms with Crippen molar-refractivity contribution in [2.75, 3.05) is 7.11 Å². The van der Waals surface area contributed by atoms with Gasteiger partial charge in [-0.2, -0.15) is 4.98 Å². The van der Waals surface area contributed by atoms with E-state index < -0.39 is 22.0 Å². The Labute approximate surface area is 141 Å². The molecule has 0 amide bonds. The summed E-state index contributed by atoms with van der Waals surface area (Å²) in [5.41, 5.74) is -1.26. The number of hydrogen-bond acceptors (Lipinski definition) is 6. The molecule has 25 heavy (non-hydrogen) atoms. The fraction of sp³-hybridized carbons (Fsp3) is 0.0588. The fourth-order valence-electron chi connectivity index (χ4n) is 2.50. The minimum atomic E-state index is -1.03. The summed E-state index contributed by atoms with van der Waals surface area (Å²) in [6, 6.07) is 11.4. The van der Waals surface area contributed by atoms with E-state index in [9.17, 15) is 20.0 Å². The molecule has 0 aliphatic carbocycles. The molecule has 0 saturated carbocycles. The summed E-state index contributed by atoms with van der Waals surface area (Å²) >= 11 is 0. The molecule has 0 spiro atoms. The number of aromatic nitrogens is 2. The number of nitro groups is 1. The molecule has 0 saturated heterocycles. The molecule has 0 bridgehead atoms. The lowest BCUT2D eigenvalue weighted by molar-refractivity contribution is -0.387. The molecule has 0 atom stereocenters. The van der Waals surface area contributed by atoms with Crippen LogP contribution in [-0.2, 0) is 0 Å². The summed E-state index contributed by atoms with van der Waals surface area (Å²) in [6.45, 7) is 0. The summed E-state index contributed by atoms with van der Waals surface area (Å²) in [4.78, 5) is 27.3. The van der Waals surface area contributed by atoms with Crippen molar-refractivity contribution in [3.8, 4) is 11.6 Å². The first-order valence-electron chi connectivity index (χ1n) is 7.22. The highest BCUT2D eigenvalue weighted by Gasteiger charge is 2.21. The molecule has 1 heterocycles.